The van der Waals surface area contributed by atoms with Crippen LogP contribution in [0.15, 0.2) is 35.6 Å². The first-order chi connectivity index (χ1) is 17.1. The zero-order valence-corrected chi connectivity index (χ0v) is 20.2. The fraction of sp³-hybridized carbons (Fsp3) is 0.375. The summed E-state index contributed by atoms with van der Waals surface area (Å²) < 4.78 is 31.2. The Bertz CT molecular complexity index is 1230. The van der Waals surface area contributed by atoms with Gasteiger partial charge in [0.15, 0.2) is 16.7 Å². The largest absolute Gasteiger partial charge is 0.492 e. The predicted molar refractivity (Wildman–Crippen MR) is 130 cm³/mol. The SMILES string of the molecule is COc1c(F)cccc1Nc1c(-c2ccnc(SC)n2)[nH]c2c1C(=O)NC[C@@H]2C[C@@H]1COCCO1. The van der Waals surface area contributed by atoms with E-state index in [0.717, 1.165) is 5.69 Å². The third kappa shape index (κ3) is 4.71. The molecule has 2 aliphatic rings. The van der Waals surface area contributed by atoms with Crippen molar-refractivity contribution in [3.05, 3.63) is 47.5 Å². The van der Waals surface area contributed by atoms with Crippen LogP contribution in [0.5, 0.6) is 5.75 Å². The fourth-order valence-electron chi connectivity index (χ4n) is 4.50. The number of amides is 1. The van der Waals surface area contributed by atoms with Crippen molar-refractivity contribution in [1.29, 1.82) is 0 Å². The van der Waals surface area contributed by atoms with Gasteiger partial charge in [0.2, 0.25) is 0 Å². The van der Waals surface area contributed by atoms with E-state index >= 15 is 0 Å². The number of thioether (sulfide) groups is 1. The molecule has 0 aliphatic carbocycles. The summed E-state index contributed by atoms with van der Waals surface area (Å²) >= 11 is 1.42. The van der Waals surface area contributed by atoms with Gasteiger partial charge in [0.1, 0.15) is 0 Å². The van der Waals surface area contributed by atoms with Crippen LogP contribution in [0.2, 0.25) is 0 Å². The number of halogens is 1. The Kier molecular flexibility index (Phi) is 6.89. The number of rotatable bonds is 7. The summed E-state index contributed by atoms with van der Waals surface area (Å²) in [5, 5.41) is 6.84. The molecule has 184 valence electrons. The fourth-order valence-corrected chi connectivity index (χ4v) is 4.86. The molecule has 11 heteroatoms. The van der Waals surface area contributed by atoms with Crippen molar-refractivity contribution in [2.45, 2.75) is 23.6 Å². The lowest BCUT2D eigenvalue weighted by molar-refractivity contribution is -0.0928. The van der Waals surface area contributed by atoms with Crippen molar-refractivity contribution in [3.8, 4) is 17.1 Å². The number of benzene rings is 1. The number of nitrogens with zero attached hydrogens (tertiary/aromatic N) is 2. The number of ether oxygens (including phenoxy) is 3. The lowest BCUT2D eigenvalue weighted by Gasteiger charge is -2.29. The van der Waals surface area contributed by atoms with Gasteiger partial charge in [-0.15, -0.1) is 0 Å². The zero-order chi connectivity index (χ0) is 24.4. The third-order valence-corrected chi connectivity index (χ3v) is 6.67. The number of H-pyrrole nitrogens is 1. The molecule has 3 N–H and O–H groups in total. The van der Waals surface area contributed by atoms with Gasteiger partial charge in [-0.25, -0.2) is 14.4 Å². The summed E-state index contributed by atoms with van der Waals surface area (Å²) in [6.07, 6.45) is 4.18. The summed E-state index contributed by atoms with van der Waals surface area (Å²) in [5.41, 5.74) is 3.36. The van der Waals surface area contributed by atoms with Crippen LogP contribution in [0.3, 0.4) is 0 Å². The minimum Gasteiger partial charge on any atom is -0.492 e. The number of aromatic amines is 1. The normalized spacial score (nSPS) is 19.7. The smallest absolute Gasteiger partial charge is 0.255 e. The van der Waals surface area contributed by atoms with E-state index in [2.05, 4.69) is 25.6 Å². The number of methoxy groups -OCH3 is 1. The standard InChI is InChI=1S/C24H26FN5O4S/c1-32-22-15(25)4-3-5-17(22)28-21-18-19(30-20(21)16-6-7-26-24(29-16)35-2)13(11-27-23(18)31)10-14-12-33-8-9-34-14/h3-7,13-14,28,30H,8-12H2,1-2H3,(H,27,31)/t13-,14+/m0/s1. The molecule has 1 saturated heterocycles. The van der Waals surface area contributed by atoms with Crippen molar-refractivity contribution >= 4 is 29.0 Å². The second-order valence-corrected chi connectivity index (χ2v) is 9.02. The molecule has 2 aromatic heterocycles. The van der Waals surface area contributed by atoms with E-state index in [1.165, 1.54) is 24.9 Å². The number of carbonyl (C=O) groups is 1. The Morgan fingerprint density at radius 1 is 1.31 bits per heavy atom. The highest BCUT2D eigenvalue weighted by atomic mass is 32.2. The van der Waals surface area contributed by atoms with Crippen molar-refractivity contribution in [2.75, 3.05) is 45.0 Å². The van der Waals surface area contributed by atoms with Crippen LogP contribution >= 0.6 is 11.8 Å². The molecule has 1 fully saturated rings. The molecule has 0 radical (unpaired) electrons. The van der Waals surface area contributed by atoms with Crippen molar-refractivity contribution < 1.29 is 23.4 Å². The first kappa shape index (κ1) is 23.6. The summed E-state index contributed by atoms with van der Waals surface area (Å²) in [6, 6.07) is 6.38. The molecule has 0 unspecified atom stereocenters. The molecular weight excluding hydrogens is 473 g/mol. The topological polar surface area (TPSA) is 110 Å². The maximum absolute atomic E-state index is 14.4. The zero-order valence-electron chi connectivity index (χ0n) is 19.4. The van der Waals surface area contributed by atoms with Crippen molar-refractivity contribution in [2.24, 2.45) is 0 Å². The number of hydrogen-bond acceptors (Lipinski definition) is 8. The van der Waals surface area contributed by atoms with Crippen LogP contribution in [-0.4, -0.2) is 66.7 Å². The van der Waals surface area contributed by atoms with Crippen LogP contribution in [0.25, 0.3) is 11.4 Å². The quantitative estimate of drug-likeness (QED) is 0.333. The summed E-state index contributed by atoms with van der Waals surface area (Å²) in [7, 11) is 1.40. The highest BCUT2D eigenvalue weighted by Crippen LogP contribution is 2.42. The molecule has 0 bridgehead atoms. The van der Waals surface area contributed by atoms with E-state index in [0.29, 0.717) is 66.3 Å². The molecule has 1 aromatic carbocycles. The van der Waals surface area contributed by atoms with Crippen LogP contribution in [0, 0.1) is 5.82 Å². The van der Waals surface area contributed by atoms with Gasteiger partial charge in [0, 0.05) is 24.4 Å². The number of anilines is 2. The highest BCUT2D eigenvalue weighted by Gasteiger charge is 2.35. The first-order valence-electron chi connectivity index (χ1n) is 11.3. The van der Waals surface area contributed by atoms with Crippen molar-refractivity contribution in [1.82, 2.24) is 20.3 Å². The molecule has 0 spiro atoms. The lowest BCUT2D eigenvalue weighted by atomic mass is 9.91. The van der Waals surface area contributed by atoms with Crippen LogP contribution < -0.4 is 15.4 Å². The van der Waals surface area contributed by atoms with Crippen LogP contribution in [0.1, 0.15) is 28.4 Å². The van der Waals surface area contributed by atoms with Gasteiger partial charge in [-0.05, 0) is 30.9 Å². The van der Waals surface area contributed by atoms with Gasteiger partial charge < -0.3 is 29.8 Å². The second kappa shape index (κ2) is 10.2. The van der Waals surface area contributed by atoms with Gasteiger partial charge >= 0.3 is 0 Å². The van der Waals surface area contributed by atoms with E-state index in [9.17, 15) is 9.18 Å². The van der Waals surface area contributed by atoms with E-state index in [-0.39, 0.29) is 23.7 Å². The Morgan fingerprint density at radius 2 is 2.20 bits per heavy atom. The van der Waals surface area contributed by atoms with E-state index in [1.54, 1.807) is 24.4 Å². The van der Waals surface area contributed by atoms with Gasteiger partial charge in [-0.2, -0.15) is 0 Å². The van der Waals surface area contributed by atoms with Crippen LogP contribution in [-0.2, 0) is 9.47 Å². The van der Waals surface area contributed by atoms with Gasteiger partial charge in [-0.3, -0.25) is 4.79 Å². The molecule has 9 nitrogen and oxygen atoms in total. The molecule has 0 saturated carbocycles. The summed E-state index contributed by atoms with van der Waals surface area (Å²) in [6.45, 7) is 2.12. The minimum absolute atomic E-state index is 0.0278. The Balaban J connectivity index is 1.62. The molecule has 35 heavy (non-hydrogen) atoms. The number of fused-ring (bicyclic) bond motifs is 1. The molecule has 2 atom stereocenters. The minimum atomic E-state index is -0.507. The maximum Gasteiger partial charge on any atom is 0.255 e. The second-order valence-electron chi connectivity index (χ2n) is 8.25. The Morgan fingerprint density at radius 3 is 2.97 bits per heavy atom. The maximum atomic E-state index is 14.4. The highest BCUT2D eigenvalue weighted by molar-refractivity contribution is 7.98. The van der Waals surface area contributed by atoms with E-state index < -0.39 is 5.82 Å². The molecule has 2 aliphatic heterocycles. The predicted octanol–water partition coefficient (Wildman–Crippen LogP) is 3.72. The Labute approximate surface area is 206 Å². The van der Waals surface area contributed by atoms with Crippen molar-refractivity contribution in [3.63, 3.8) is 0 Å². The third-order valence-electron chi connectivity index (χ3n) is 6.11. The van der Waals surface area contributed by atoms with Gasteiger partial charge in [0.05, 0.1) is 61.4 Å². The Hall–Kier alpha value is -3.15. The lowest BCUT2D eigenvalue weighted by Crippen LogP contribution is -2.38. The number of hydrogen-bond donors (Lipinski definition) is 3. The van der Waals surface area contributed by atoms with E-state index in [1.807, 2.05) is 6.26 Å². The molecule has 3 aromatic rings. The van der Waals surface area contributed by atoms with Crippen LogP contribution in [0.4, 0.5) is 15.8 Å². The number of aromatic nitrogens is 3. The summed E-state index contributed by atoms with van der Waals surface area (Å²) in [4.78, 5) is 25.5. The number of para-hydroxylation sites is 1. The molecule has 1 amide bonds. The van der Waals surface area contributed by atoms with E-state index in [4.69, 9.17) is 14.2 Å². The number of carbonyl (C=O) groups excluding carboxylic acids is 1. The van der Waals surface area contributed by atoms with Gasteiger partial charge in [-0.1, -0.05) is 17.8 Å². The molecule has 4 heterocycles. The molecular formula is C24H26FN5O4S. The first-order valence-corrected chi connectivity index (χ1v) is 12.5. The molecule has 5 rings (SSSR count). The number of nitrogens with one attached hydrogen (secondary N) is 3. The monoisotopic (exact) mass is 499 g/mol. The average molecular weight is 500 g/mol. The summed E-state index contributed by atoms with van der Waals surface area (Å²) in [5.74, 6) is -0.704. The average Bonchev–Trinajstić information content (AvgIpc) is 3.27. The van der Waals surface area contributed by atoms with Gasteiger partial charge in [0.25, 0.3) is 5.91 Å².